The number of hydrogen-bond donors (Lipinski definition) is 0. The summed E-state index contributed by atoms with van der Waals surface area (Å²) in [4.78, 5) is 29.2. The Morgan fingerprint density at radius 2 is 2.03 bits per heavy atom. The number of methoxy groups -OCH3 is 1. The molecular weight excluding hydrogens is 491 g/mol. The van der Waals surface area contributed by atoms with Gasteiger partial charge in [0, 0.05) is 22.8 Å². The van der Waals surface area contributed by atoms with Crippen LogP contribution in [-0.2, 0) is 17.5 Å². The van der Waals surface area contributed by atoms with Gasteiger partial charge in [0.15, 0.2) is 5.65 Å². The quantitative estimate of drug-likeness (QED) is 0.400. The lowest BCUT2D eigenvalue weighted by atomic mass is 10.2. The van der Waals surface area contributed by atoms with Gasteiger partial charge in [-0.2, -0.15) is 23.5 Å². The van der Waals surface area contributed by atoms with E-state index in [1.165, 1.54) is 18.3 Å². The molecule has 0 aliphatic heterocycles. The average molecular weight is 504 g/mol. The standard InChI is InChI=1S/C22H13ClF3N5O4/c1-34-21(33)31-19-15(3-2-5-28-19)17(29-31)11-30-6-4-16(22(24,25)26)18(20(30)32)35-14-8-12(10-27)7-13(23)9-14/h2-9H,11H2,1H3. The number of alkyl halides is 3. The summed E-state index contributed by atoms with van der Waals surface area (Å²) in [5.41, 5.74) is -2.08. The molecule has 0 aliphatic carbocycles. The maximum absolute atomic E-state index is 13.7. The van der Waals surface area contributed by atoms with E-state index < -0.39 is 29.1 Å². The fourth-order valence-electron chi connectivity index (χ4n) is 3.31. The van der Waals surface area contributed by atoms with Crippen molar-refractivity contribution in [2.75, 3.05) is 7.11 Å². The van der Waals surface area contributed by atoms with Crippen molar-refractivity contribution in [2.24, 2.45) is 0 Å². The van der Waals surface area contributed by atoms with Gasteiger partial charge in [-0.25, -0.2) is 9.78 Å². The van der Waals surface area contributed by atoms with Gasteiger partial charge in [0.25, 0.3) is 5.56 Å². The zero-order valence-corrected chi connectivity index (χ0v) is 18.5. The van der Waals surface area contributed by atoms with Crippen molar-refractivity contribution < 1.29 is 27.4 Å². The summed E-state index contributed by atoms with van der Waals surface area (Å²) in [5, 5.41) is 13.6. The van der Waals surface area contributed by atoms with Crippen LogP contribution in [0.1, 0.15) is 16.8 Å². The van der Waals surface area contributed by atoms with E-state index in [2.05, 4.69) is 14.8 Å². The Balaban J connectivity index is 1.83. The molecule has 9 nitrogen and oxygen atoms in total. The number of fused-ring (bicyclic) bond motifs is 1. The van der Waals surface area contributed by atoms with Gasteiger partial charge < -0.3 is 14.0 Å². The third-order valence-electron chi connectivity index (χ3n) is 4.83. The molecule has 0 radical (unpaired) electrons. The molecule has 0 amide bonds. The number of aromatic nitrogens is 4. The number of ether oxygens (including phenoxy) is 2. The van der Waals surface area contributed by atoms with Gasteiger partial charge in [0.1, 0.15) is 11.3 Å². The molecule has 0 unspecified atom stereocenters. The average Bonchev–Trinajstić information content (AvgIpc) is 3.18. The molecule has 0 aliphatic rings. The Labute approximate surface area is 199 Å². The first-order valence-electron chi connectivity index (χ1n) is 9.72. The van der Waals surface area contributed by atoms with Crippen LogP contribution in [-0.4, -0.2) is 32.5 Å². The van der Waals surface area contributed by atoms with Crippen LogP contribution in [0.15, 0.2) is 53.6 Å². The van der Waals surface area contributed by atoms with Crippen LogP contribution >= 0.6 is 11.6 Å². The summed E-state index contributed by atoms with van der Waals surface area (Å²) >= 11 is 5.91. The Morgan fingerprint density at radius 1 is 1.26 bits per heavy atom. The molecule has 4 rings (SSSR count). The zero-order valence-electron chi connectivity index (χ0n) is 17.7. The second-order valence-corrected chi connectivity index (χ2v) is 7.52. The van der Waals surface area contributed by atoms with Crippen LogP contribution in [0.25, 0.3) is 11.0 Å². The number of rotatable bonds is 4. The summed E-state index contributed by atoms with van der Waals surface area (Å²) in [6, 6.07) is 9.28. The first-order chi connectivity index (χ1) is 16.6. The van der Waals surface area contributed by atoms with Gasteiger partial charge in [-0.1, -0.05) is 11.6 Å². The van der Waals surface area contributed by atoms with Gasteiger partial charge in [-0.05, 0) is 36.4 Å². The van der Waals surface area contributed by atoms with Gasteiger partial charge in [-0.15, -0.1) is 4.68 Å². The Hall–Kier alpha value is -4.37. The van der Waals surface area contributed by atoms with Crippen molar-refractivity contribution in [3.8, 4) is 17.6 Å². The number of nitrogens with zero attached hydrogens (tertiary/aromatic N) is 5. The topological polar surface area (TPSA) is 112 Å². The molecule has 178 valence electrons. The molecule has 0 saturated heterocycles. The summed E-state index contributed by atoms with van der Waals surface area (Å²) in [6.07, 6.45) is -3.38. The molecule has 0 atom stereocenters. The predicted molar refractivity (Wildman–Crippen MR) is 116 cm³/mol. The molecule has 0 fully saturated rings. The van der Waals surface area contributed by atoms with E-state index in [1.54, 1.807) is 18.2 Å². The van der Waals surface area contributed by atoms with E-state index >= 15 is 0 Å². The molecule has 4 aromatic rings. The minimum absolute atomic E-state index is 0.0321. The lowest BCUT2D eigenvalue weighted by Crippen LogP contribution is -2.25. The van der Waals surface area contributed by atoms with Crippen molar-refractivity contribution in [1.82, 2.24) is 19.3 Å². The maximum Gasteiger partial charge on any atom is 0.436 e. The second kappa shape index (κ2) is 9.11. The van der Waals surface area contributed by atoms with Crippen molar-refractivity contribution in [1.29, 1.82) is 5.26 Å². The molecule has 35 heavy (non-hydrogen) atoms. The third kappa shape index (κ3) is 4.67. The van der Waals surface area contributed by atoms with Crippen molar-refractivity contribution in [3.05, 3.63) is 81.0 Å². The fraction of sp³-hybridized carbons (Fsp3) is 0.136. The summed E-state index contributed by atoms with van der Waals surface area (Å²) in [6.45, 7) is -0.307. The fourth-order valence-corrected chi connectivity index (χ4v) is 3.53. The van der Waals surface area contributed by atoms with E-state index in [-0.39, 0.29) is 34.2 Å². The Kier molecular flexibility index (Phi) is 6.19. The van der Waals surface area contributed by atoms with E-state index in [4.69, 9.17) is 21.6 Å². The monoisotopic (exact) mass is 503 g/mol. The summed E-state index contributed by atoms with van der Waals surface area (Å²) < 4.78 is 52.8. The number of carbonyl (C=O) groups excluding carboxylic acids is 1. The lowest BCUT2D eigenvalue weighted by molar-refractivity contribution is -0.138. The van der Waals surface area contributed by atoms with Crippen molar-refractivity contribution >= 4 is 28.7 Å². The molecule has 3 heterocycles. The lowest BCUT2D eigenvalue weighted by Gasteiger charge is -2.15. The smallest absolute Gasteiger partial charge is 0.436 e. The largest absolute Gasteiger partial charge is 0.451 e. The highest BCUT2D eigenvalue weighted by molar-refractivity contribution is 6.30. The van der Waals surface area contributed by atoms with Crippen LogP contribution in [0.5, 0.6) is 11.5 Å². The van der Waals surface area contributed by atoms with Gasteiger partial charge in [0.05, 0.1) is 31.0 Å². The number of carbonyl (C=O) groups is 1. The SMILES string of the molecule is COC(=O)n1nc(Cn2ccc(C(F)(F)F)c(Oc3cc(Cl)cc(C#N)c3)c2=O)c2cccnc21. The van der Waals surface area contributed by atoms with E-state index in [9.17, 15) is 22.8 Å². The molecule has 13 heteroatoms. The second-order valence-electron chi connectivity index (χ2n) is 7.08. The van der Waals surface area contributed by atoms with E-state index in [0.717, 1.165) is 28.6 Å². The highest BCUT2D eigenvalue weighted by Crippen LogP contribution is 2.36. The minimum Gasteiger partial charge on any atom is -0.451 e. The maximum atomic E-state index is 13.7. The summed E-state index contributed by atoms with van der Waals surface area (Å²) in [7, 11) is 1.15. The van der Waals surface area contributed by atoms with E-state index in [0.29, 0.717) is 11.5 Å². The highest BCUT2D eigenvalue weighted by atomic mass is 35.5. The third-order valence-corrected chi connectivity index (χ3v) is 5.05. The summed E-state index contributed by atoms with van der Waals surface area (Å²) in [5.74, 6) is -1.24. The Bertz CT molecular complexity index is 1560. The van der Waals surface area contributed by atoms with Crippen LogP contribution in [0, 0.1) is 11.3 Å². The van der Waals surface area contributed by atoms with Crippen molar-refractivity contribution in [3.63, 3.8) is 0 Å². The van der Waals surface area contributed by atoms with E-state index in [1.807, 2.05) is 0 Å². The Morgan fingerprint density at radius 3 is 2.71 bits per heavy atom. The number of hydrogen-bond acceptors (Lipinski definition) is 7. The van der Waals surface area contributed by atoms with Crippen LogP contribution in [0.4, 0.5) is 18.0 Å². The number of halogens is 4. The molecule has 1 aromatic carbocycles. The zero-order chi connectivity index (χ0) is 25.3. The highest BCUT2D eigenvalue weighted by Gasteiger charge is 2.36. The minimum atomic E-state index is -4.91. The van der Waals surface area contributed by atoms with Crippen LogP contribution < -0.4 is 10.3 Å². The van der Waals surface area contributed by atoms with Crippen LogP contribution in [0.3, 0.4) is 0 Å². The predicted octanol–water partition coefficient (Wildman–Crippen LogP) is 4.59. The number of benzene rings is 1. The van der Waals surface area contributed by atoms with Gasteiger partial charge in [0.2, 0.25) is 5.75 Å². The van der Waals surface area contributed by atoms with Gasteiger partial charge >= 0.3 is 12.3 Å². The van der Waals surface area contributed by atoms with Crippen molar-refractivity contribution in [2.45, 2.75) is 12.7 Å². The number of nitriles is 1. The molecule has 0 N–H and O–H groups in total. The van der Waals surface area contributed by atoms with Crippen LogP contribution in [0.2, 0.25) is 5.02 Å². The first-order valence-corrected chi connectivity index (χ1v) is 10.1. The molecule has 0 bridgehead atoms. The molecule has 3 aromatic heterocycles. The number of pyridine rings is 2. The normalized spacial score (nSPS) is 11.3. The molecule has 0 spiro atoms. The molecular formula is C22H13ClF3N5O4. The first kappa shape index (κ1) is 23.8. The molecule has 0 saturated carbocycles. The van der Waals surface area contributed by atoms with Gasteiger partial charge in [-0.3, -0.25) is 4.79 Å².